The number of fused-ring (bicyclic) bond motifs is 16. The summed E-state index contributed by atoms with van der Waals surface area (Å²) in [6.45, 7) is 0. The van der Waals surface area contributed by atoms with Crippen molar-refractivity contribution in [2.75, 3.05) is 9.80 Å². The summed E-state index contributed by atoms with van der Waals surface area (Å²) in [7, 11) is 0. The van der Waals surface area contributed by atoms with Crippen LogP contribution in [0.25, 0.3) is 115 Å². The van der Waals surface area contributed by atoms with E-state index >= 15 is 0 Å². The van der Waals surface area contributed by atoms with Gasteiger partial charge in [0.25, 0.3) is 0 Å². The molecule has 7 heteroatoms. The van der Waals surface area contributed by atoms with Gasteiger partial charge in [0.1, 0.15) is 33.5 Å². The molecule has 0 fully saturated rings. The van der Waals surface area contributed by atoms with Crippen molar-refractivity contribution in [2.45, 2.75) is 0 Å². The maximum absolute atomic E-state index is 7.18. The Morgan fingerprint density at radius 1 is 0.260 bits per heavy atom. The zero-order valence-electron chi connectivity index (χ0n) is 39.0. The van der Waals surface area contributed by atoms with Gasteiger partial charge in [0, 0.05) is 72.3 Å². The summed E-state index contributed by atoms with van der Waals surface area (Å²) >= 11 is 0. The first kappa shape index (κ1) is 39.8. The predicted molar refractivity (Wildman–Crippen MR) is 299 cm³/mol. The summed E-state index contributed by atoms with van der Waals surface area (Å²) in [5.74, 6) is 0. The Kier molecular flexibility index (Phi) is 8.32. The van der Waals surface area contributed by atoms with Gasteiger partial charge in [-0.3, -0.25) is 0 Å². The number of hydrogen-bond donors (Lipinski definition) is 0. The van der Waals surface area contributed by atoms with Crippen molar-refractivity contribution in [3.8, 4) is 5.69 Å². The minimum atomic E-state index is 0.780. The molecule has 0 aliphatic heterocycles. The highest BCUT2D eigenvalue weighted by Crippen LogP contribution is 2.52. The Labute approximate surface area is 416 Å². The SMILES string of the molecule is c1ccc(N(c2ccc3c(c2)oc2cc4c(cc23)c2c3oc5ccccc5c3c(N(c3ccccc3)c3cccc5c3oc3ccccc35)cc2n4-c2ccccc2)c2cccc3c2oc2ccccc23)cc1. The van der Waals surface area contributed by atoms with E-state index in [9.17, 15) is 0 Å². The quantitative estimate of drug-likeness (QED) is 0.159. The fourth-order valence-corrected chi connectivity index (χ4v) is 11.6. The molecule has 342 valence electrons. The van der Waals surface area contributed by atoms with Crippen molar-refractivity contribution in [3.05, 3.63) is 237 Å². The molecule has 0 aliphatic rings. The Morgan fingerprint density at radius 3 is 1.42 bits per heavy atom. The maximum atomic E-state index is 7.18. The maximum Gasteiger partial charge on any atom is 0.159 e. The third-order valence-electron chi connectivity index (χ3n) is 14.7. The first-order chi connectivity index (χ1) is 36.2. The van der Waals surface area contributed by atoms with E-state index in [4.69, 9.17) is 17.7 Å². The van der Waals surface area contributed by atoms with Crippen LogP contribution in [0.15, 0.2) is 254 Å². The largest absolute Gasteiger partial charge is 0.456 e. The number of rotatable bonds is 7. The van der Waals surface area contributed by atoms with Crippen molar-refractivity contribution in [3.63, 3.8) is 0 Å². The van der Waals surface area contributed by atoms with Gasteiger partial charge in [-0.25, -0.2) is 0 Å². The van der Waals surface area contributed by atoms with Gasteiger partial charge in [0.05, 0.1) is 44.6 Å². The molecule has 0 saturated heterocycles. The summed E-state index contributed by atoms with van der Waals surface area (Å²) in [6.07, 6.45) is 0. The lowest BCUT2D eigenvalue weighted by molar-refractivity contribution is 0.667. The zero-order chi connectivity index (χ0) is 47.7. The molecule has 0 aliphatic carbocycles. The van der Waals surface area contributed by atoms with E-state index in [2.05, 4.69) is 215 Å². The highest BCUT2D eigenvalue weighted by atomic mass is 16.3. The third kappa shape index (κ3) is 5.81. The minimum absolute atomic E-state index is 0.780. The Hall–Kier alpha value is -9.98. The van der Waals surface area contributed by atoms with Crippen molar-refractivity contribution in [1.29, 1.82) is 0 Å². The second-order valence-corrected chi connectivity index (χ2v) is 18.8. The molecule has 73 heavy (non-hydrogen) atoms. The third-order valence-corrected chi connectivity index (χ3v) is 14.7. The number of aromatic nitrogens is 1. The average molecular weight is 938 g/mol. The fourth-order valence-electron chi connectivity index (χ4n) is 11.6. The summed E-state index contributed by atoms with van der Waals surface area (Å²) in [4.78, 5) is 4.60. The average Bonchev–Trinajstić information content (AvgIpc) is 4.29. The normalized spacial score (nSPS) is 12.1. The summed E-state index contributed by atoms with van der Waals surface area (Å²) in [5.41, 5.74) is 15.3. The zero-order valence-corrected chi connectivity index (χ0v) is 39.0. The molecule has 0 spiro atoms. The molecule has 5 heterocycles. The van der Waals surface area contributed by atoms with Crippen LogP contribution in [-0.4, -0.2) is 4.57 Å². The molecule has 0 saturated carbocycles. The molecule has 16 rings (SSSR count). The number of benzene rings is 11. The van der Waals surface area contributed by atoms with Crippen LogP contribution >= 0.6 is 0 Å². The second-order valence-electron chi connectivity index (χ2n) is 18.8. The van der Waals surface area contributed by atoms with Gasteiger partial charge in [-0.15, -0.1) is 0 Å². The first-order valence-electron chi connectivity index (χ1n) is 24.6. The van der Waals surface area contributed by atoms with E-state index in [-0.39, 0.29) is 0 Å². The Morgan fingerprint density at radius 2 is 0.767 bits per heavy atom. The predicted octanol–water partition coefficient (Wildman–Crippen LogP) is 19.3. The molecule has 5 aromatic heterocycles. The van der Waals surface area contributed by atoms with Gasteiger partial charge in [-0.05, 0) is 91.0 Å². The van der Waals surface area contributed by atoms with Crippen LogP contribution in [0.3, 0.4) is 0 Å². The van der Waals surface area contributed by atoms with Gasteiger partial charge in [0.15, 0.2) is 11.2 Å². The number of hydrogen-bond acceptors (Lipinski definition) is 6. The molecule has 0 unspecified atom stereocenters. The molecule has 0 bridgehead atoms. The van der Waals surface area contributed by atoms with Crippen LogP contribution in [0.1, 0.15) is 0 Å². The van der Waals surface area contributed by atoms with E-state index in [1.165, 1.54) is 0 Å². The monoisotopic (exact) mass is 937 g/mol. The summed E-state index contributed by atoms with van der Waals surface area (Å²) in [6, 6.07) is 82.7. The van der Waals surface area contributed by atoms with Gasteiger partial charge < -0.3 is 32.0 Å². The number of furan rings is 4. The van der Waals surface area contributed by atoms with Crippen LogP contribution in [-0.2, 0) is 0 Å². The molecule has 7 nitrogen and oxygen atoms in total. The van der Waals surface area contributed by atoms with Crippen LogP contribution in [0.4, 0.5) is 34.1 Å². The molecule has 0 amide bonds. The van der Waals surface area contributed by atoms with Crippen LogP contribution < -0.4 is 9.80 Å². The molecule has 0 radical (unpaired) electrons. The van der Waals surface area contributed by atoms with E-state index in [0.29, 0.717) is 0 Å². The lowest BCUT2D eigenvalue weighted by Crippen LogP contribution is -2.11. The van der Waals surface area contributed by atoms with Crippen LogP contribution in [0, 0.1) is 0 Å². The van der Waals surface area contributed by atoms with Gasteiger partial charge in [-0.1, -0.05) is 133 Å². The standard InChI is InChI=1S/C66H39N3O4/c1-4-18-40(19-5-1)67(52-29-16-27-47-44-24-10-13-31-57(44)71-64(47)52)43-34-35-46-50-37-51-54(39-61(50)70-60(46)36-43)69(42-22-8-3-9-23-42)56-38-55(62-49-26-12-15-33-59(49)73-66(62)63(51)56)68(41-20-6-2-7-21-41)53-30-17-28-48-45-25-11-14-32-58(45)72-65(48)53/h1-39H. The highest BCUT2D eigenvalue weighted by molar-refractivity contribution is 6.30. The van der Waals surface area contributed by atoms with Crippen molar-refractivity contribution >= 4 is 144 Å². The van der Waals surface area contributed by atoms with Gasteiger partial charge in [-0.2, -0.15) is 0 Å². The summed E-state index contributed by atoms with van der Waals surface area (Å²) in [5, 5.41) is 10.4. The van der Waals surface area contributed by atoms with E-state index in [1.54, 1.807) is 0 Å². The topological polar surface area (TPSA) is 64.0 Å². The molecule has 11 aromatic carbocycles. The van der Waals surface area contributed by atoms with E-state index in [0.717, 1.165) is 149 Å². The van der Waals surface area contributed by atoms with Crippen LogP contribution in [0.2, 0.25) is 0 Å². The lowest BCUT2D eigenvalue weighted by Gasteiger charge is -2.26. The van der Waals surface area contributed by atoms with Crippen LogP contribution in [0.5, 0.6) is 0 Å². The molecular formula is C66H39N3O4. The van der Waals surface area contributed by atoms with Crippen molar-refractivity contribution < 1.29 is 17.7 Å². The number of anilines is 6. The van der Waals surface area contributed by atoms with E-state index < -0.39 is 0 Å². The highest BCUT2D eigenvalue weighted by Gasteiger charge is 2.29. The van der Waals surface area contributed by atoms with Gasteiger partial charge in [0.2, 0.25) is 0 Å². The Bertz CT molecular complexity index is 4870. The van der Waals surface area contributed by atoms with Gasteiger partial charge >= 0.3 is 0 Å². The summed E-state index contributed by atoms with van der Waals surface area (Å²) < 4.78 is 30.0. The fraction of sp³-hybridized carbons (Fsp3) is 0. The molecule has 0 atom stereocenters. The number of nitrogens with zero attached hydrogens (tertiary/aromatic N) is 3. The molecule has 0 N–H and O–H groups in total. The smallest absolute Gasteiger partial charge is 0.159 e. The molecular weight excluding hydrogens is 899 g/mol. The van der Waals surface area contributed by atoms with Crippen molar-refractivity contribution in [2.24, 2.45) is 0 Å². The Balaban J connectivity index is 0.968. The first-order valence-corrected chi connectivity index (χ1v) is 24.6. The molecule has 16 aromatic rings. The van der Waals surface area contributed by atoms with E-state index in [1.807, 2.05) is 36.4 Å². The minimum Gasteiger partial charge on any atom is -0.456 e. The number of para-hydroxylation sites is 8. The lowest BCUT2D eigenvalue weighted by atomic mass is 10.0. The second kappa shape index (κ2) is 15.3. The van der Waals surface area contributed by atoms with Crippen molar-refractivity contribution in [1.82, 2.24) is 4.57 Å².